The molecular formula is C14H24N2O10. The summed E-state index contributed by atoms with van der Waals surface area (Å²) in [5, 5.41) is 20.0. The summed E-state index contributed by atoms with van der Waals surface area (Å²) in [6.45, 7) is 1.32. The summed E-state index contributed by atoms with van der Waals surface area (Å²) < 4.78 is 14.1. The van der Waals surface area contributed by atoms with E-state index in [1.807, 2.05) is 12.2 Å². The van der Waals surface area contributed by atoms with Crippen LogP contribution in [0.25, 0.3) is 0 Å². The number of rotatable bonds is 14. The van der Waals surface area contributed by atoms with E-state index < -0.39 is 36.0 Å². The van der Waals surface area contributed by atoms with Gasteiger partial charge in [-0.05, 0) is 19.3 Å². The Morgan fingerprint density at radius 2 is 1.65 bits per heavy atom. The van der Waals surface area contributed by atoms with Crippen molar-refractivity contribution in [3.8, 4) is 0 Å². The molecule has 0 aromatic heterocycles. The molecule has 0 aliphatic rings. The lowest BCUT2D eigenvalue weighted by atomic mass is 10.3. The molecule has 1 amide bonds. The molecule has 0 aromatic carbocycles. The van der Waals surface area contributed by atoms with Gasteiger partial charge in [-0.15, -0.1) is 10.1 Å². The van der Waals surface area contributed by atoms with Crippen molar-refractivity contribution in [3.05, 3.63) is 10.1 Å². The molecule has 0 rings (SSSR count). The van der Waals surface area contributed by atoms with Gasteiger partial charge in [0.25, 0.3) is 5.09 Å². The molecule has 12 heteroatoms. The van der Waals surface area contributed by atoms with Gasteiger partial charge < -0.3 is 29.5 Å². The Labute approximate surface area is 149 Å². The van der Waals surface area contributed by atoms with Crippen LogP contribution in [0.5, 0.6) is 0 Å². The number of carbonyl (C=O) groups is 3. The Morgan fingerprint density at radius 3 is 2.27 bits per heavy atom. The summed E-state index contributed by atoms with van der Waals surface area (Å²) >= 11 is 0. The minimum atomic E-state index is -1.50. The lowest BCUT2D eigenvalue weighted by Gasteiger charge is -2.14. The van der Waals surface area contributed by atoms with Gasteiger partial charge in [0.1, 0.15) is 6.61 Å². The van der Waals surface area contributed by atoms with Gasteiger partial charge in [-0.3, -0.25) is 0 Å². The molecule has 12 nitrogen and oxygen atoms in total. The lowest BCUT2D eigenvalue weighted by molar-refractivity contribution is -0.757. The van der Waals surface area contributed by atoms with Gasteiger partial charge in [0.15, 0.2) is 6.04 Å². The zero-order valence-corrected chi connectivity index (χ0v) is 14.5. The van der Waals surface area contributed by atoms with Crippen LogP contribution in [0.1, 0.15) is 39.0 Å². The van der Waals surface area contributed by atoms with Crippen LogP contribution in [0.2, 0.25) is 0 Å². The molecule has 26 heavy (non-hydrogen) atoms. The molecule has 0 aliphatic heterocycles. The quantitative estimate of drug-likeness (QED) is 0.195. The number of alkyl carbamates (subject to hydrolysis) is 1. The number of nitrogens with zero attached hydrogens (tertiary/aromatic N) is 1. The summed E-state index contributed by atoms with van der Waals surface area (Å²) in [7, 11) is 0. The van der Waals surface area contributed by atoms with Crippen molar-refractivity contribution in [1.29, 1.82) is 0 Å². The number of ether oxygens (including phenoxy) is 3. The molecule has 0 aliphatic carbocycles. The van der Waals surface area contributed by atoms with Crippen LogP contribution in [0.4, 0.5) is 9.59 Å². The number of nitrogens with one attached hydrogen (secondary N) is 1. The average molecular weight is 380 g/mol. The predicted molar refractivity (Wildman–Crippen MR) is 84.9 cm³/mol. The molecule has 0 saturated heterocycles. The van der Waals surface area contributed by atoms with E-state index in [-0.39, 0.29) is 26.2 Å². The summed E-state index contributed by atoms with van der Waals surface area (Å²) in [5.41, 5.74) is 0. The Kier molecular flexibility index (Phi) is 13.0. The van der Waals surface area contributed by atoms with E-state index in [9.17, 15) is 24.5 Å². The van der Waals surface area contributed by atoms with Gasteiger partial charge in [0, 0.05) is 0 Å². The fourth-order valence-corrected chi connectivity index (χ4v) is 1.57. The number of carboxylic acids is 1. The van der Waals surface area contributed by atoms with Crippen molar-refractivity contribution in [2.45, 2.75) is 45.1 Å². The van der Waals surface area contributed by atoms with Gasteiger partial charge in [0.05, 0.1) is 19.8 Å². The fourth-order valence-electron chi connectivity index (χ4n) is 1.57. The first-order valence-corrected chi connectivity index (χ1v) is 8.09. The highest BCUT2D eigenvalue weighted by Crippen LogP contribution is 1.98. The van der Waals surface area contributed by atoms with Crippen LogP contribution in [-0.4, -0.2) is 60.9 Å². The number of unbranched alkanes of at least 4 members (excludes halogenated alkanes) is 3. The van der Waals surface area contributed by atoms with Gasteiger partial charge in [-0.25, -0.2) is 14.4 Å². The van der Waals surface area contributed by atoms with E-state index in [0.717, 1.165) is 12.8 Å². The van der Waals surface area contributed by atoms with Crippen LogP contribution in [0.3, 0.4) is 0 Å². The van der Waals surface area contributed by atoms with Crippen molar-refractivity contribution in [2.75, 3.05) is 26.4 Å². The van der Waals surface area contributed by atoms with Crippen molar-refractivity contribution >= 4 is 18.2 Å². The molecule has 0 heterocycles. The Hall–Kier alpha value is -2.79. The second-order valence-corrected chi connectivity index (χ2v) is 5.05. The molecule has 0 spiro atoms. The van der Waals surface area contributed by atoms with E-state index >= 15 is 0 Å². The minimum absolute atomic E-state index is 0.0838. The molecule has 0 aromatic rings. The summed E-state index contributed by atoms with van der Waals surface area (Å²) in [5.74, 6) is -1.42. The topological polar surface area (TPSA) is 164 Å². The standard InChI is InChI=1S/C14H24N2O10/c1-2-3-4-8-24-14(20)25-10-11(12(17)18)15-13(19)23-7-5-6-9-26-16(21)22/h11H,2-10H2,1H3,(H,15,19)(H,17,18). The van der Waals surface area contributed by atoms with Crippen LogP contribution in [0, 0.1) is 10.1 Å². The lowest BCUT2D eigenvalue weighted by Crippen LogP contribution is -2.44. The van der Waals surface area contributed by atoms with E-state index in [2.05, 4.69) is 9.57 Å². The monoisotopic (exact) mass is 380 g/mol. The van der Waals surface area contributed by atoms with Gasteiger partial charge in [0.2, 0.25) is 0 Å². The van der Waals surface area contributed by atoms with Gasteiger partial charge >= 0.3 is 18.2 Å². The van der Waals surface area contributed by atoms with Crippen LogP contribution < -0.4 is 5.32 Å². The minimum Gasteiger partial charge on any atom is -0.480 e. The van der Waals surface area contributed by atoms with Crippen molar-refractivity contribution in [1.82, 2.24) is 5.32 Å². The smallest absolute Gasteiger partial charge is 0.480 e. The molecule has 0 bridgehead atoms. The van der Waals surface area contributed by atoms with Crippen LogP contribution in [-0.2, 0) is 23.8 Å². The molecular weight excluding hydrogens is 356 g/mol. The molecule has 1 atom stereocenters. The van der Waals surface area contributed by atoms with Crippen LogP contribution in [0.15, 0.2) is 0 Å². The Balaban J connectivity index is 3.95. The molecule has 150 valence electrons. The Bertz CT molecular complexity index is 457. The molecule has 0 fully saturated rings. The summed E-state index contributed by atoms with van der Waals surface area (Å²) in [6.07, 6.45) is 1.04. The van der Waals surface area contributed by atoms with Gasteiger partial charge in [-0.2, -0.15) is 0 Å². The van der Waals surface area contributed by atoms with Gasteiger partial charge in [-0.1, -0.05) is 19.8 Å². The van der Waals surface area contributed by atoms with E-state index in [1.165, 1.54) is 0 Å². The SMILES string of the molecule is CCCCCOC(=O)OCC(NC(=O)OCCCCO[N+](=O)[O-])C(=O)O. The first-order chi connectivity index (χ1) is 12.4. The molecule has 0 saturated carbocycles. The maximum Gasteiger partial charge on any atom is 0.508 e. The number of amides is 1. The zero-order chi connectivity index (χ0) is 19.8. The maximum absolute atomic E-state index is 11.5. The highest BCUT2D eigenvalue weighted by molar-refractivity contribution is 5.80. The van der Waals surface area contributed by atoms with Crippen molar-refractivity contribution in [2.24, 2.45) is 0 Å². The number of carbonyl (C=O) groups excluding carboxylic acids is 2. The largest absolute Gasteiger partial charge is 0.508 e. The highest BCUT2D eigenvalue weighted by atomic mass is 16.9. The first-order valence-electron chi connectivity index (χ1n) is 8.09. The number of aliphatic carboxylic acids is 1. The van der Waals surface area contributed by atoms with Crippen LogP contribution >= 0.6 is 0 Å². The second-order valence-electron chi connectivity index (χ2n) is 5.05. The molecule has 2 N–H and O–H groups in total. The second kappa shape index (κ2) is 14.5. The third-order valence-corrected chi connectivity index (χ3v) is 2.89. The zero-order valence-electron chi connectivity index (χ0n) is 14.5. The predicted octanol–water partition coefficient (Wildman–Crippen LogP) is 1.50. The summed E-state index contributed by atoms with van der Waals surface area (Å²) in [6, 6.07) is -1.50. The third kappa shape index (κ3) is 13.6. The summed E-state index contributed by atoms with van der Waals surface area (Å²) in [4.78, 5) is 47.8. The molecule has 0 radical (unpaired) electrons. The maximum atomic E-state index is 11.5. The average Bonchev–Trinajstić information content (AvgIpc) is 2.58. The van der Waals surface area contributed by atoms with E-state index in [0.29, 0.717) is 12.8 Å². The first kappa shape index (κ1) is 23.2. The van der Waals surface area contributed by atoms with E-state index in [1.54, 1.807) is 0 Å². The van der Waals surface area contributed by atoms with Crippen molar-refractivity contribution in [3.63, 3.8) is 0 Å². The number of hydrogen-bond donors (Lipinski definition) is 2. The fraction of sp³-hybridized carbons (Fsp3) is 0.786. The third-order valence-electron chi connectivity index (χ3n) is 2.89. The number of hydrogen-bond acceptors (Lipinski definition) is 9. The molecule has 1 unspecified atom stereocenters. The van der Waals surface area contributed by atoms with E-state index in [4.69, 9.17) is 14.6 Å². The van der Waals surface area contributed by atoms with Crippen molar-refractivity contribution < 1.29 is 43.6 Å². The normalized spacial score (nSPS) is 11.1. The number of carboxylic acid groups (broad SMARTS) is 1. The Morgan fingerprint density at radius 1 is 1.04 bits per heavy atom. The highest BCUT2D eigenvalue weighted by Gasteiger charge is 2.23.